The third kappa shape index (κ3) is 3.69. The average molecular weight is 490 g/mol. The Balaban J connectivity index is 1.69. The number of benzene rings is 1. The molecule has 4 aliphatic carbocycles. The summed E-state index contributed by atoms with van der Waals surface area (Å²) in [6, 6.07) is 8.78. The lowest BCUT2D eigenvalue weighted by molar-refractivity contribution is -0.183. The molecule has 0 radical (unpaired) electrons. The molecule has 5 nitrogen and oxygen atoms in total. The van der Waals surface area contributed by atoms with E-state index in [2.05, 4.69) is 36.1 Å². The minimum Gasteiger partial charge on any atom is -0.451 e. The fourth-order valence-corrected chi connectivity index (χ4v) is 8.17. The van der Waals surface area contributed by atoms with Crippen molar-refractivity contribution in [1.82, 2.24) is 0 Å². The summed E-state index contributed by atoms with van der Waals surface area (Å²) in [5.41, 5.74) is 5.01. The number of nitrogens with zero attached hydrogens (tertiary/aromatic N) is 1. The highest BCUT2D eigenvalue weighted by Gasteiger charge is 2.67. The smallest absolute Gasteiger partial charge is 0.303 e. The first kappa shape index (κ1) is 25.0. The lowest BCUT2D eigenvalue weighted by Gasteiger charge is -2.55. The van der Waals surface area contributed by atoms with Crippen LogP contribution in [0.4, 0.5) is 5.69 Å². The van der Waals surface area contributed by atoms with Crippen molar-refractivity contribution < 1.29 is 19.1 Å². The highest BCUT2D eigenvalue weighted by Crippen LogP contribution is 2.68. The van der Waals surface area contributed by atoms with E-state index in [4.69, 9.17) is 4.74 Å². The van der Waals surface area contributed by atoms with Gasteiger partial charge in [0.05, 0.1) is 0 Å². The zero-order valence-electron chi connectivity index (χ0n) is 22.4. The van der Waals surface area contributed by atoms with Gasteiger partial charge in [-0.05, 0) is 85.3 Å². The number of anilines is 1. The first-order valence-electron chi connectivity index (χ1n) is 13.6. The summed E-state index contributed by atoms with van der Waals surface area (Å²) in [6.45, 7) is 5.54. The second-order valence-electron chi connectivity index (χ2n) is 11.7. The predicted octanol–water partition coefficient (Wildman–Crippen LogP) is 5.93. The Morgan fingerprint density at radius 2 is 1.81 bits per heavy atom. The van der Waals surface area contributed by atoms with Crippen molar-refractivity contribution in [3.63, 3.8) is 0 Å². The van der Waals surface area contributed by atoms with Crippen LogP contribution in [-0.2, 0) is 19.1 Å². The SMILES string of the molecule is CCC(=O)[C@@]1(OC(C)=O)CC[C@H]2[C@@H]3CCC4=CC(=O)CCC4=C3[C@@H](c3ccc(N(C)C)cc3)C[C@@]21C. The molecule has 0 saturated heterocycles. The molecule has 0 bridgehead atoms. The largest absolute Gasteiger partial charge is 0.451 e. The Morgan fingerprint density at radius 1 is 1.08 bits per heavy atom. The van der Waals surface area contributed by atoms with E-state index in [1.54, 1.807) is 0 Å². The van der Waals surface area contributed by atoms with Crippen molar-refractivity contribution in [2.45, 2.75) is 83.7 Å². The van der Waals surface area contributed by atoms with E-state index in [0.717, 1.165) is 37.8 Å². The van der Waals surface area contributed by atoms with Gasteiger partial charge in [0.2, 0.25) is 0 Å². The van der Waals surface area contributed by atoms with Crippen LogP contribution in [0, 0.1) is 17.3 Å². The Bertz CT molecular complexity index is 1160. The number of fused-ring (bicyclic) bond motifs is 4. The molecule has 1 aromatic carbocycles. The molecular formula is C31H39NO4. The number of hydrogen-bond acceptors (Lipinski definition) is 5. The number of carbonyl (C=O) groups is 3. The fraction of sp³-hybridized carbons (Fsp3) is 0.581. The molecule has 36 heavy (non-hydrogen) atoms. The number of ketones is 2. The molecule has 2 fully saturated rings. The molecule has 5 rings (SSSR count). The van der Waals surface area contributed by atoms with Gasteiger partial charge in [0.15, 0.2) is 17.2 Å². The Hall–Kier alpha value is -2.69. The normalized spacial score (nSPS) is 33.3. The molecule has 0 heterocycles. The van der Waals surface area contributed by atoms with Crippen molar-refractivity contribution >= 4 is 23.2 Å². The molecule has 2 saturated carbocycles. The minimum absolute atomic E-state index is 0.0557. The van der Waals surface area contributed by atoms with E-state index in [1.807, 2.05) is 27.1 Å². The van der Waals surface area contributed by atoms with Crippen LogP contribution < -0.4 is 4.90 Å². The summed E-state index contributed by atoms with van der Waals surface area (Å²) >= 11 is 0. The van der Waals surface area contributed by atoms with Gasteiger partial charge in [0.1, 0.15) is 0 Å². The summed E-state index contributed by atoms with van der Waals surface area (Å²) in [5.74, 6) is 0.686. The van der Waals surface area contributed by atoms with Gasteiger partial charge in [-0.2, -0.15) is 0 Å². The highest BCUT2D eigenvalue weighted by atomic mass is 16.6. The first-order valence-corrected chi connectivity index (χ1v) is 13.6. The van der Waals surface area contributed by atoms with E-state index in [-0.39, 0.29) is 29.4 Å². The van der Waals surface area contributed by atoms with Crippen LogP contribution in [0.25, 0.3) is 0 Å². The van der Waals surface area contributed by atoms with Gasteiger partial charge in [-0.25, -0.2) is 0 Å². The second kappa shape index (κ2) is 9.00. The van der Waals surface area contributed by atoms with Crippen molar-refractivity contribution in [3.8, 4) is 0 Å². The lowest BCUT2D eigenvalue weighted by atomic mass is 9.50. The molecule has 0 unspecified atom stereocenters. The van der Waals surface area contributed by atoms with E-state index < -0.39 is 11.0 Å². The van der Waals surface area contributed by atoms with Crippen LogP contribution in [0.1, 0.15) is 83.6 Å². The third-order valence-corrected chi connectivity index (χ3v) is 9.76. The topological polar surface area (TPSA) is 63.7 Å². The minimum atomic E-state index is -1.06. The number of hydrogen-bond donors (Lipinski definition) is 0. The number of allylic oxidation sites excluding steroid dienone is 4. The monoisotopic (exact) mass is 489 g/mol. The zero-order valence-corrected chi connectivity index (χ0v) is 22.4. The Kier molecular flexibility index (Phi) is 6.25. The molecule has 0 aliphatic heterocycles. The summed E-state index contributed by atoms with van der Waals surface area (Å²) in [6.07, 6.45) is 7.82. The van der Waals surface area contributed by atoms with E-state index >= 15 is 0 Å². The van der Waals surface area contributed by atoms with Crippen LogP contribution in [-0.4, -0.2) is 37.2 Å². The second-order valence-corrected chi connectivity index (χ2v) is 11.7. The van der Waals surface area contributed by atoms with Gasteiger partial charge in [-0.15, -0.1) is 0 Å². The standard InChI is InChI=1S/C31H39NO4/c1-6-28(35)31(36-19(2)33)16-15-27-25-13-9-21-17-23(34)12-14-24(21)29(25)26(18-30(27,31)3)20-7-10-22(11-8-20)32(4)5/h7-8,10-11,17,25-27H,6,9,12-16,18H2,1-5H3/t25-,26+,27-,30-,31-/m0/s1. The predicted molar refractivity (Wildman–Crippen MR) is 141 cm³/mol. The number of carbonyl (C=O) groups excluding carboxylic acids is 3. The molecule has 5 atom stereocenters. The van der Waals surface area contributed by atoms with E-state index in [1.165, 1.54) is 29.2 Å². The molecule has 4 aliphatic rings. The molecule has 1 aromatic rings. The summed E-state index contributed by atoms with van der Waals surface area (Å²) in [7, 11) is 4.09. The maximum atomic E-state index is 13.6. The van der Waals surface area contributed by atoms with E-state index in [0.29, 0.717) is 25.2 Å². The molecule has 0 amide bonds. The van der Waals surface area contributed by atoms with Gasteiger partial charge in [0, 0.05) is 50.9 Å². The number of esters is 1. The van der Waals surface area contributed by atoms with Gasteiger partial charge in [-0.3, -0.25) is 14.4 Å². The summed E-state index contributed by atoms with van der Waals surface area (Å²) in [5, 5.41) is 0. The molecule has 0 aromatic heterocycles. The van der Waals surface area contributed by atoms with E-state index in [9.17, 15) is 14.4 Å². The van der Waals surface area contributed by atoms with Crippen molar-refractivity contribution in [2.24, 2.45) is 17.3 Å². The molecular weight excluding hydrogens is 450 g/mol. The quantitative estimate of drug-likeness (QED) is 0.480. The lowest BCUT2D eigenvalue weighted by Crippen LogP contribution is -2.57. The molecule has 0 N–H and O–H groups in total. The van der Waals surface area contributed by atoms with Gasteiger partial charge >= 0.3 is 5.97 Å². The third-order valence-electron chi connectivity index (χ3n) is 9.76. The Labute approximate surface area is 215 Å². The van der Waals surface area contributed by atoms with Crippen LogP contribution in [0.15, 0.2) is 47.1 Å². The average Bonchev–Trinajstić information content (AvgIpc) is 3.14. The molecule has 192 valence electrons. The van der Waals surface area contributed by atoms with Gasteiger partial charge in [-0.1, -0.05) is 31.6 Å². The van der Waals surface area contributed by atoms with Crippen molar-refractivity contribution in [1.29, 1.82) is 0 Å². The number of ether oxygens (including phenoxy) is 1. The zero-order chi connectivity index (χ0) is 25.8. The van der Waals surface area contributed by atoms with Crippen LogP contribution >= 0.6 is 0 Å². The maximum absolute atomic E-state index is 13.6. The highest BCUT2D eigenvalue weighted by molar-refractivity contribution is 5.93. The Morgan fingerprint density at radius 3 is 2.44 bits per heavy atom. The van der Waals surface area contributed by atoms with Gasteiger partial charge < -0.3 is 9.64 Å². The summed E-state index contributed by atoms with van der Waals surface area (Å²) in [4.78, 5) is 40.3. The van der Waals surface area contributed by atoms with Crippen LogP contribution in [0.5, 0.6) is 0 Å². The number of rotatable bonds is 5. The number of Topliss-reactive ketones (excluding diaryl/α,β-unsaturated/α-hetero) is 1. The van der Waals surface area contributed by atoms with Crippen molar-refractivity contribution in [2.75, 3.05) is 19.0 Å². The molecule has 5 heteroatoms. The molecule has 0 spiro atoms. The van der Waals surface area contributed by atoms with Crippen LogP contribution in [0.2, 0.25) is 0 Å². The summed E-state index contributed by atoms with van der Waals surface area (Å²) < 4.78 is 6.09. The maximum Gasteiger partial charge on any atom is 0.303 e. The van der Waals surface area contributed by atoms with Crippen LogP contribution in [0.3, 0.4) is 0 Å². The first-order chi connectivity index (χ1) is 17.1. The van der Waals surface area contributed by atoms with Crippen molar-refractivity contribution in [3.05, 3.63) is 52.6 Å². The fourth-order valence-electron chi connectivity index (χ4n) is 8.17. The van der Waals surface area contributed by atoms with Gasteiger partial charge in [0.25, 0.3) is 0 Å².